The molecule has 0 saturated heterocycles. The Morgan fingerprint density at radius 3 is 2.23 bits per heavy atom. The van der Waals surface area contributed by atoms with Gasteiger partial charge in [-0.05, 0) is 68.3 Å². The Bertz CT molecular complexity index is 811. The predicted molar refractivity (Wildman–Crippen MR) is 97.4 cm³/mol. The van der Waals surface area contributed by atoms with E-state index in [4.69, 9.17) is 9.47 Å². The van der Waals surface area contributed by atoms with Crippen LogP contribution in [0.4, 0.5) is 5.69 Å². The molecule has 0 saturated carbocycles. The zero-order valence-corrected chi connectivity index (χ0v) is 15.0. The summed E-state index contributed by atoms with van der Waals surface area (Å²) in [7, 11) is 0. The number of ether oxygens (including phenoxy) is 2. The number of amides is 1. The van der Waals surface area contributed by atoms with Crippen LogP contribution in [0.1, 0.15) is 28.4 Å². The third-order valence-corrected chi connectivity index (χ3v) is 3.77. The molecule has 1 N–H and O–H groups in total. The van der Waals surface area contributed by atoms with E-state index in [-0.39, 0.29) is 12.4 Å². The zero-order chi connectivity index (χ0) is 19.1. The average molecular weight is 355 g/mol. The molecule has 0 spiro atoms. The van der Waals surface area contributed by atoms with Crippen LogP contribution in [0.3, 0.4) is 0 Å². The Morgan fingerprint density at radius 1 is 0.923 bits per heavy atom. The van der Waals surface area contributed by atoms with E-state index in [1.54, 1.807) is 30.3 Å². The van der Waals surface area contributed by atoms with Gasteiger partial charge < -0.3 is 14.8 Å². The molecular formula is C20H21NO5. The van der Waals surface area contributed by atoms with Crippen LogP contribution in [0.25, 0.3) is 0 Å². The van der Waals surface area contributed by atoms with Gasteiger partial charge in [0.1, 0.15) is 5.75 Å². The number of hydrogen-bond donors (Lipinski definition) is 1. The van der Waals surface area contributed by atoms with Crippen molar-refractivity contribution in [3.8, 4) is 5.75 Å². The van der Waals surface area contributed by atoms with Crippen molar-refractivity contribution in [2.75, 3.05) is 18.5 Å². The molecule has 0 aromatic heterocycles. The molecule has 6 heteroatoms. The SMILES string of the molecule is CC(=O)c1ccc(NC(=O)COC(=O)COc2ccc(C)c(C)c2)cc1. The highest BCUT2D eigenvalue weighted by Crippen LogP contribution is 2.16. The van der Waals surface area contributed by atoms with Crippen LogP contribution < -0.4 is 10.1 Å². The van der Waals surface area contributed by atoms with E-state index >= 15 is 0 Å². The number of nitrogens with one attached hydrogen (secondary N) is 1. The van der Waals surface area contributed by atoms with E-state index in [2.05, 4.69) is 5.32 Å². The smallest absolute Gasteiger partial charge is 0.344 e. The van der Waals surface area contributed by atoms with Crippen LogP contribution in [0.2, 0.25) is 0 Å². The van der Waals surface area contributed by atoms with Crippen molar-refractivity contribution in [1.29, 1.82) is 0 Å². The normalized spacial score (nSPS) is 10.1. The van der Waals surface area contributed by atoms with Gasteiger partial charge in [-0.3, -0.25) is 9.59 Å². The number of carbonyl (C=O) groups is 3. The van der Waals surface area contributed by atoms with E-state index in [1.165, 1.54) is 6.92 Å². The monoisotopic (exact) mass is 355 g/mol. The zero-order valence-electron chi connectivity index (χ0n) is 15.0. The number of hydrogen-bond acceptors (Lipinski definition) is 5. The molecule has 0 unspecified atom stereocenters. The Labute approximate surface area is 152 Å². The van der Waals surface area contributed by atoms with Gasteiger partial charge in [0, 0.05) is 11.3 Å². The maximum atomic E-state index is 11.8. The van der Waals surface area contributed by atoms with Crippen molar-refractivity contribution >= 4 is 23.3 Å². The highest BCUT2D eigenvalue weighted by Gasteiger charge is 2.09. The summed E-state index contributed by atoms with van der Waals surface area (Å²) in [6.45, 7) is 4.72. The van der Waals surface area contributed by atoms with Crippen LogP contribution in [0.5, 0.6) is 5.75 Å². The number of Topliss-reactive ketones (excluding diaryl/α,β-unsaturated/α-hetero) is 1. The molecule has 0 fully saturated rings. The molecule has 26 heavy (non-hydrogen) atoms. The van der Waals surface area contributed by atoms with Gasteiger partial charge in [0.2, 0.25) is 0 Å². The van der Waals surface area contributed by atoms with Crippen molar-refractivity contribution < 1.29 is 23.9 Å². The molecule has 1 amide bonds. The van der Waals surface area contributed by atoms with E-state index in [1.807, 2.05) is 26.0 Å². The van der Waals surface area contributed by atoms with E-state index in [9.17, 15) is 14.4 Å². The average Bonchev–Trinajstić information content (AvgIpc) is 2.61. The van der Waals surface area contributed by atoms with Crippen LogP contribution in [-0.2, 0) is 14.3 Å². The molecule has 0 atom stereocenters. The van der Waals surface area contributed by atoms with Crippen LogP contribution in [0, 0.1) is 13.8 Å². The largest absolute Gasteiger partial charge is 0.482 e. The van der Waals surface area contributed by atoms with E-state index < -0.39 is 18.5 Å². The molecule has 2 rings (SSSR count). The van der Waals surface area contributed by atoms with Crippen molar-refractivity contribution in [1.82, 2.24) is 0 Å². The van der Waals surface area contributed by atoms with Gasteiger partial charge in [0.25, 0.3) is 5.91 Å². The van der Waals surface area contributed by atoms with Crippen molar-refractivity contribution in [2.24, 2.45) is 0 Å². The molecular weight excluding hydrogens is 334 g/mol. The Hall–Kier alpha value is -3.15. The number of aryl methyl sites for hydroxylation is 2. The fraction of sp³-hybridized carbons (Fsp3) is 0.250. The summed E-state index contributed by atoms with van der Waals surface area (Å²) in [4.78, 5) is 34.7. The number of carbonyl (C=O) groups excluding carboxylic acids is 3. The number of anilines is 1. The summed E-state index contributed by atoms with van der Waals surface area (Å²) in [5, 5.41) is 2.58. The Balaban J connectivity index is 1.74. The van der Waals surface area contributed by atoms with E-state index in [0.29, 0.717) is 17.0 Å². The second-order valence-corrected chi connectivity index (χ2v) is 5.88. The molecule has 0 aliphatic heterocycles. The molecule has 2 aromatic rings. The lowest BCUT2D eigenvalue weighted by Gasteiger charge is -2.09. The van der Waals surface area contributed by atoms with Gasteiger partial charge in [-0.2, -0.15) is 0 Å². The molecule has 0 aliphatic rings. The summed E-state index contributed by atoms with van der Waals surface area (Å²) < 4.78 is 10.2. The number of benzene rings is 2. The first-order valence-corrected chi connectivity index (χ1v) is 8.11. The highest BCUT2D eigenvalue weighted by atomic mass is 16.6. The lowest BCUT2D eigenvalue weighted by Crippen LogP contribution is -2.23. The number of ketones is 1. The first-order chi connectivity index (χ1) is 12.3. The third-order valence-electron chi connectivity index (χ3n) is 3.77. The first kappa shape index (κ1) is 19.2. The van der Waals surface area contributed by atoms with Crippen LogP contribution in [0.15, 0.2) is 42.5 Å². The third kappa shape index (κ3) is 5.73. The van der Waals surface area contributed by atoms with Crippen molar-refractivity contribution in [3.05, 3.63) is 59.2 Å². The minimum absolute atomic E-state index is 0.0550. The Morgan fingerprint density at radius 2 is 1.62 bits per heavy atom. The van der Waals surface area contributed by atoms with Gasteiger partial charge >= 0.3 is 5.97 Å². The van der Waals surface area contributed by atoms with Gasteiger partial charge in [0.05, 0.1) is 0 Å². The molecule has 0 radical (unpaired) electrons. The van der Waals surface area contributed by atoms with Gasteiger partial charge in [-0.15, -0.1) is 0 Å². The summed E-state index contributed by atoms with van der Waals surface area (Å²) >= 11 is 0. The maximum absolute atomic E-state index is 11.8. The fourth-order valence-electron chi connectivity index (χ4n) is 2.12. The van der Waals surface area contributed by atoms with Crippen molar-refractivity contribution in [3.63, 3.8) is 0 Å². The fourth-order valence-corrected chi connectivity index (χ4v) is 2.12. The molecule has 0 heterocycles. The summed E-state index contributed by atoms with van der Waals surface area (Å²) in [5.74, 6) is -0.592. The van der Waals surface area contributed by atoms with Gasteiger partial charge in [-0.25, -0.2) is 4.79 Å². The standard InChI is InChI=1S/C20H21NO5/c1-13-4-9-18(10-14(13)2)25-12-20(24)26-11-19(23)21-17-7-5-16(6-8-17)15(3)22/h4-10H,11-12H2,1-3H3,(H,21,23). The number of esters is 1. The minimum atomic E-state index is -0.634. The lowest BCUT2D eigenvalue weighted by atomic mass is 10.1. The highest BCUT2D eigenvalue weighted by molar-refractivity contribution is 5.96. The predicted octanol–water partition coefficient (Wildman–Crippen LogP) is 3.07. The molecule has 6 nitrogen and oxygen atoms in total. The Kier molecular flexibility index (Phi) is 6.49. The second-order valence-electron chi connectivity index (χ2n) is 5.88. The first-order valence-electron chi connectivity index (χ1n) is 8.11. The van der Waals surface area contributed by atoms with Gasteiger partial charge in [0.15, 0.2) is 19.0 Å². The summed E-state index contributed by atoms with van der Waals surface area (Å²) in [6.07, 6.45) is 0. The molecule has 0 bridgehead atoms. The van der Waals surface area contributed by atoms with E-state index in [0.717, 1.165) is 11.1 Å². The molecule has 136 valence electrons. The second kappa shape index (κ2) is 8.80. The molecule has 0 aliphatic carbocycles. The minimum Gasteiger partial charge on any atom is -0.482 e. The quantitative estimate of drug-likeness (QED) is 0.610. The van der Waals surface area contributed by atoms with Crippen molar-refractivity contribution in [2.45, 2.75) is 20.8 Å². The topological polar surface area (TPSA) is 81.7 Å². The van der Waals surface area contributed by atoms with Crippen LogP contribution >= 0.6 is 0 Å². The van der Waals surface area contributed by atoms with Crippen LogP contribution in [-0.4, -0.2) is 30.9 Å². The summed E-state index contributed by atoms with van der Waals surface area (Å²) in [5.41, 5.74) is 3.26. The molecule has 2 aromatic carbocycles. The number of rotatable bonds is 7. The maximum Gasteiger partial charge on any atom is 0.344 e. The summed E-state index contributed by atoms with van der Waals surface area (Å²) in [6, 6.07) is 12.0. The van der Waals surface area contributed by atoms with Gasteiger partial charge in [-0.1, -0.05) is 6.07 Å². The lowest BCUT2D eigenvalue weighted by molar-refractivity contribution is -0.149.